The van der Waals surface area contributed by atoms with E-state index in [1.54, 1.807) is 61.7 Å². The molecule has 0 aromatic heterocycles. The predicted octanol–water partition coefficient (Wildman–Crippen LogP) is 8.11. The van der Waals surface area contributed by atoms with Gasteiger partial charge in [0.05, 0.1) is 17.8 Å². The molecular weight excluding hydrogens is 561 g/mol. The van der Waals surface area contributed by atoms with Crippen LogP contribution in [-0.4, -0.2) is 19.0 Å². The molecule has 0 unspecified atom stereocenters. The number of carbonyl (C=O) groups excluding carboxylic acids is 2. The van der Waals surface area contributed by atoms with Gasteiger partial charge in [0.15, 0.2) is 11.5 Å². The first-order valence-corrected chi connectivity index (χ1v) is 12.8. The van der Waals surface area contributed by atoms with Crippen LogP contribution < -0.4 is 19.5 Å². The molecule has 0 fully saturated rings. The van der Waals surface area contributed by atoms with E-state index in [1.807, 2.05) is 12.1 Å². The number of benzene rings is 4. The molecule has 0 saturated heterocycles. The summed E-state index contributed by atoms with van der Waals surface area (Å²) in [6, 6.07) is 23.6. The maximum Gasteiger partial charge on any atom is 0.336 e. The summed E-state index contributed by atoms with van der Waals surface area (Å²) in [5.74, 6) is 0.401. The minimum absolute atomic E-state index is 0.283. The van der Waals surface area contributed by atoms with Crippen LogP contribution in [0.5, 0.6) is 17.2 Å². The van der Waals surface area contributed by atoms with Gasteiger partial charge in [0.1, 0.15) is 12.4 Å². The molecule has 0 bridgehead atoms. The lowest BCUT2D eigenvalue weighted by atomic mass is 10.2. The van der Waals surface area contributed by atoms with Crippen molar-refractivity contribution in [3.8, 4) is 17.2 Å². The minimum Gasteiger partial charge on any atom is -0.493 e. The van der Waals surface area contributed by atoms with E-state index in [4.69, 9.17) is 49.0 Å². The van der Waals surface area contributed by atoms with Crippen LogP contribution in [-0.2, 0) is 11.4 Å². The number of ether oxygens (including phenoxy) is 3. The molecule has 1 amide bonds. The Morgan fingerprint density at radius 3 is 2.26 bits per heavy atom. The highest BCUT2D eigenvalue weighted by Gasteiger charge is 2.11. The fourth-order valence-corrected chi connectivity index (χ4v) is 3.89. The van der Waals surface area contributed by atoms with E-state index < -0.39 is 5.97 Å². The Morgan fingerprint density at radius 1 is 0.821 bits per heavy atom. The first kappa shape index (κ1) is 28.0. The van der Waals surface area contributed by atoms with Gasteiger partial charge in [-0.25, -0.2) is 4.79 Å². The molecule has 198 valence electrons. The molecule has 0 radical (unpaired) electrons. The monoisotopic (exact) mass is 581 g/mol. The van der Waals surface area contributed by atoms with Gasteiger partial charge >= 0.3 is 5.97 Å². The molecule has 0 spiro atoms. The molecule has 39 heavy (non-hydrogen) atoms. The van der Waals surface area contributed by atoms with Gasteiger partial charge < -0.3 is 19.5 Å². The molecule has 9 heteroatoms. The molecule has 4 rings (SSSR count). The van der Waals surface area contributed by atoms with Gasteiger partial charge in [0.2, 0.25) is 0 Å². The van der Waals surface area contributed by atoms with Crippen LogP contribution in [0.25, 0.3) is 6.08 Å². The SMILES string of the molecule is COc1cc(/C=C/C(=O)Oc2ccc(C(=O)Nc3cc(Cl)ccc3Cl)cc2)ccc1OCc1ccc(Cl)cc1. The average Bonchev–Trinajstić information content (AvgIpc) is 2.94. The molecule has 0 heterocycles. The van der Waals surface area contributed by atoms with Crippen molar-refractivity contribution >= 4 is 58.4 Å². The summed E-state index contributed by atoms with van der Waals surface area (Å²) < 4.78 is 16.6. The third-order valence-corrected chi connectivity index (χ3v) is 6.24. The van der Waals surface area contributed by atoms with Gasteiger partial charge in [0, 0.05) is 21.7 Å². The number of nitrogens with one attached hydrogen (secondary N) is 1. The highest BCUT2D eigenvalue weighted by atomic mass is 35.5. The Balaban J connectivity index is 1.33. The van der Waals surface area contributed by atoms with Crippen molar-refractivity contribution in [1.29, 1.82) is 0 Å². The average molecular weight is 583 g/mol. The van der Waals surface area contributed by atoms with Crippen LogP contribution in [0.3, 0.4) is 0 Å². The molecule has 4 aromatic carbocycles. The lowest BCUT2D eigenvalue weighted by Gasteiger charge is -2.11. The van der Waals surface area contributed by atoms with E-state index in [-0.39, 0.29) is 11.7 Å². The highest BCUT2D eigenvalue weighted by molar-refractivity contribution is 6.36. The lowest BCUT2D eigenvalue weighted by Crippen LogP contribution is -2.12. The van der Waals surface area contributed by atoms with Crippen LogP contribution in [0.2, 0.25) is 15.1 Å². The third-order valence-electron chi connectivity index (χ3n) is 5.42. The standard InChI is InChI=1S/C30H22Cl3NO5/c1-37-28-16-19(4-14-27(28)38-18-20-2-8-22(31)9-3-20)5-15-29(35)39-24-11-6-21(7-12-24)30(36)34-26-17-23(32)10-13-25(26)33/h2-17H,18H2,1H3,(H,34,36)/b15-5+. The molecule has 4 aromatic rings. The third kappa shape index (κ3) is 8.01. The van der Waals surface area contributed by atoms with Crippen molar-refractivity contribution < 1.29 is 23.8 Å². The second-order valence-electron chi connectivity index (χ2n) is 8.18. The minimum atomic E-state index is -0.583. The zero-order chi connectivity index (χ0) is 27.8. The molecule has 6 nitrogen and oxygen atoms in total. The second-order valence-corrected chi connectivity index (χ2v) is 9.46. The zero-order valence-corrected chi connectivity index (χ0v) is 22.9. The number of hydrogen-bond acceptors (Lipinski definition) is 5. The zero-order valence-electron chi connectivity index (χ0n) is 20.6. The van der Waals surface area contributed by atoms with Crippen molar-refractivity contribution in [3.05, 3.63) is 123 Å². The van der Waals surface area contributed by atoms with Gasteiger partial charge in [-0.05, 0) is 83.9 Å². The highest BCUT2D eigenvalue weighted by Crippen LogP contribution is 2.30. The first-order valence-electron chi connectivity index (χ1n) is 11.6. The van der Waals surface area contributed by atoms with Crippen LogP contribution in [0.4, 0.5) is 5.69 Å². The van der Waals surface area contributed by atoms with Crippen LogP contribution in [0.1, 0.15) is 21.5 Å². The van der Waals surface area contributed by atoms with E-state index in [2.05, 4.69) is 5.32 Å². The molecule has 0 atom stereocenters. The Bertz CT molecular complexity index is 1500. The van der Waals surface area contributed by atoms with Crippen LogP contribution >= 0.6 is 34.8 Å². The molecule has 0 saturated carbocycles. The normalized spacial score (nSPS) is 10.8. The summed E-state index contributed by atoms with van der Waals surface area (Å²) >= 11 is 18.0. The Labute approximate surface area is 240 Å². The maximum atomic E-state index is 12.5. The van der Waals surface area contributed by atoms with Crippen molar-refractivity contribution in [3.63, 3.8) is 0 Å². The Kier molecular flexibility index (Phi) is 9.49. The molecular formula is C30H22Cl3NO5. The number of carbonyl (C=O) groups is 2. The topological polar surface area (TPSA) is 73.9 Å². The Morgan fingerprint density at radius 2 is 1.54 bits per heavy atom. The predicted molar refractivity (Wildman–Crippen MR) is 154 cm³/mol. The maximum absolute atomic E-state index is 12.5. The van der Waals surface area contributed by atoms with Crippen LogP contribution in [0.15, 0.2) is 91.0 Å². The van der Waals surface area contributed by atoms with E-state index >= 15 is 0 Å². The van der Waals surface area contributed by atoms with Gasteiger partial charge in [-0.2, -0.15) is 0 Å². The number of methoxy groups -OCH3 is 1. The van der Waals surface area contributed by atoms with Gasteiger partial charge in [-0.3, -0.25) is 4.79 Å². The van der Waals surface area contributed by atoms with Gasteiger partial charge in [0.25, 0.3) is 5.91 Å². The van der Waals surface area contributed by atoms with E-state index in [9.17, 15) is 9.59 Å². The summed E-state index contributed by atoms with van der Waals surface area (Å²) in [7, 11) is 1.54. The van der Waals surface area contributed by atoms with Gasteiger partial charge in [-0.1, -0.05) is 53.0 Å². The number of rotatable bonds is 9. The number of hydrogen-bond donors (Lipinski definition) is 1. The molecule has 0 aliphatic heterocycles. The fourth-order valence-electron chi connectivity index (χ4n) is 3.43. The number of esters is 1. The lowest BCUT2D eigenvalue weighted by molar-refractivity contribution is -0.128. The molecule has 0 aliphatic carbocycles. The van der Waals surface area contributed by atoms with E-state index in [1.165, 1.54) is 30.3 Å². The van der Waals surface area contributed by atoms with E-state index in [0.717, 1.165) is 5.56 Å². The fraction of sp³-hybridized carbons (Fsp3) is 0.0667. The van der Waals surface area contributed by atoms with Crippen molar-refractivity contribution in [2.45, 2.75) is 6.61 Å². The first-order chi connectivity index (χ1) is 18.8. The van der Waals surface area contributed by atoms with Crippen molar-refractivity contribution in [2.75, 3.05) is 12.4 Å². The quantitative estimate of drug-likeness (QED) is 0.123. The number of anilines is 1. The summed E-state index contributed by atoms with van der Waals surface area (Å²) in [4.78, 5) is 24.9. The molecule has 0 aliphatic rings. The molecule has 1 N–H and O–H groups in total. The van der Waals surface area contributed by atoms with Crippen molar-refractivity contribution in [2.24, 2.45) is 0 Å². The largest absolute Gasteiger partial charge is 0.493 e. The summed E-state index contributed by atoms with van der Waals surface area (Å²) in [6.07, 6.45) is 2.90. The second kappa shape index (κ2) is 13.2. The van der Waals surface area contributed by atoms with Crippen molar-refractivity contribution in [1.82, 2.24) is 0 Å². The summed E-state index contributed by atoms with van der Waals surface area (Å²) in [6.45, 7) is 0.351. The van der Waals surface area contributed by atoms with Crippen LogP contribution in [0, 0.1) is 0 Å². The summed E-state index contributed by atoms with van der Waals surface area (Å²) in [5.41, 5.74) is 2.43. The number of amides is 1. The smallest absolute Gasteiger partial charge is 0.336 e. The summed E-state index contributed by atoms with van der Waals surface area (Å²) in [5, 5.41) is 4.17. The Hall–Kier alpha value is -3.97. The van der Waals surface area contributed by atoms with E-state index in [0.29, 0.717) is 50.0 Å². The van der Waals surface area contributed by atoms with Gasteiger partial charge in [-0.15, -0.1) is 0 Å². The number of halogens is 3.